The Morgan fingerprint density at radius 3 is 2.63 bits per heavy atom. The number of amides is 1. The maximum absolute atomic E-state index is 13.6. The Balaban J connectivity index is 1.42. The molecule has 4 rings (SSSR count). The molecule has 6 nitrogen and oxygen atoms in total. The minimum atomic E-state index is -0.483. The number of nitrogens with one attached hydrogen (secondary N) is 1. The zero-order chi connectivity index (χ0) is 27.1. The topological polar surface area (TPSA) is 79.4 Å². The van der Waals surface area contributed by atoms with Gasteiger partial charge in [0.1, 0.15) is 5.78 Å². The second kappa shape index (κ2) is 13.8. The summed E-state index contributed by atoms with van der Waals surface area (Å²) in [5, 5.41) is 4.77. The third kappa shape index (κ3) is 7.96. The lowest BCUT2D eigenvalue weighted by atomic mass is 9.90. The van der Waals surface area contributed by atoms with E-state index in [0.29, 0.717) is 48.7 Å². The van der Waals surface area contributed by atoms with Crippen LogP contribution in [0.5, 0.6) is 0 Å². The number of hydrogen-bond acceptors (Lipinski definition) is 6. The molecular formula is C30H40ClN3O3S. The Bertz CT molecular complexity index is 1150. The van der Waals surface area contributed by atoms with E-state index in [2.05, 4.69) is 16.8 Å². The van der Waals surface area contributed by atoms with Crippen LogP contribution in [0.3, 0.4) is 0 Å². The SMILES string of the molecule is C=C(CN1CCCC1)C(=O)CC[C@@H](NC(=O)[C@@H](CC(=O)CC)Cc1nc2ccc(Cl)cc2s1)C1CCCC1. The average molecular weight is 558 g/mol. The van der Waals surface area contributed by atoms with Crippen molar-refractivity contribution >= 4 is 50.6 Å². The van der Waals surface area contributed by atoms with Crippen molar-refractivity contribution in [2.24, 2.45) is 11.8 Å². The number of ketones is 2. The fourth-order valence-corrected chi connectivity index (χ4v) is 7.09. The normalized spacial score (nSPS) is 18.1. The number of carbonyl (C=O) groups excluding carboxylic acids is 3. The fraction of sp³-hybridized carbons (Fsp3) is 0.600. The summed E-state index contributed by atoms with van der Waals surface area (Å²) in [5.41, 5.74) is 1.53. The molecular weight excluding hydrogens is 518 g/mol. The zero-order valence-corrected chi connectivity index (χ0v) is 24.0. The second-order valence-corrected chi connectivity index (χ2v) is 12.5. The molecule has 1 aromatic heterocycles. The van der Waals surface area contributed by atoms with Crippen molar-refractivity contribution in [2.45, 2.75) is 83.6 Å². The van der Waals surface area contributed by atoms with Crippen molar-refractivity contribution in [3.63, 3.8) is 0 Å². The Kier molecular flexibility index (Phi) is 10.5. The van der Waals surface area contributed by atoms with Gasteiger partial charge >= 0.3 is 0 Å². The second-order valence-electron chi connectivity index (χ2n) is 10.9. The van der Waals surface area contributed by atoms with Crippen LogP contribution in [0.15, 0.2) is 30.4 Å². The number of aromatic nitrogens is 1. The maximum Gasteiger partial charge on any atom is 0.224 e. The summed E-state index contributed by atoms with van der Waals surface area (Å²) in [6.45, 7) is 8.61. The van der Waals surface area contributed by atoms with Gasteiger partial charge in [0.05, 0.1) is 21.1 Å². The van der Waals surface area contributed by atoms with Crippen LogP contribution in [0, 0.1) is 11.8 Å². The molecule has 1 saturated carbocycles. The molecule has 1 aromatic carbocycles. The number of halogens is 1. The highest BCUT2D eigenvalue weighted by Gasteiger charge is 2.31. The van der Waals surface area contributed by atoms with E-state index in [-0.39, 0.29) is 29.9 Å². The third-order valence-corrected chi connectivity index (χ3v) is 9.32. The molecule has 0 unspecified atom stereocenters. The van der Waals surface area contributed by atoms with Gasteiger partial charge in [0.25, 0.3) is 0 Å². The first-order valence-electron chi connectivity index (χ1n) is 14.1. The predicted octanol–water partition coefficient (Wildman–Crippen LogP) is 6.15. The van der Waals surface area contributed by atoms with Crippen molar-refractivity contribution in [1.82, 2.24) is 15.2 Å². The van der Waals surface area contributed by atoms with E-state index in [4.69, 9.17) is 16.6 Å². The molecule has 1 N–H and O–H groups in total. The molecule has 1 aliphatic carbocycles. The molecule has 2 aliphatic rings. The van der Waals surface area contributed by atoms with Gasteiger partial charge in [-0.1, -0.05) is 37.9 Å². The first kappa shape index (κ1) is 28.9. The molecule has 8 heteroatoms. The van der Waals surface area contributed by atoms with Crippen LogP contribution < -0.4 is 5.32 Å². The summed E-state index contributed by atoms with van der Waals surface area (Å²) in [4.78, 5) is 46.0. The van der Waals surface area contributed by atoms with E-state index in [1.807, 2.05) is 25.1 Å². The molecule has 1 amide bonds. The van der Waals surface area contributed by atoms with Crippen LogP contribution in [-0.4, -0.2) is 53.0 Å². The highest BCUT2D eigenvalue weighted by Crippen LogP contribution is 2.31. The number of fused-ring (bicyclic) bond motifs is 1. The van der Waals surface area contributed by atoms with E-state index >= 15 is 0 Å². The van der Waals surface area contributed by atoms with Crippen LogP contribution in [-0.2, 0) is 20.8 Å². The highest BCUT2D eigenvalue weighted by atomic mass is 35.5. The van der Waals surface area contributed by atoms with E-state index < -0.39 is 5.92 Å². The summed E-state index contributed by atoms with van der Waals surface area (Å²) in [6, 6.07) is 5.51. The molecule has 0 radical (unpaired) electrons. The molecule has 1 aliphatic heterocycles. The number of thiazole rings is 1. The Labute approximate surface area is 235 Å². The largest absolute Gasteiger partial charge is 0.353 e. The molecule has 1 saturated heterocycles. The standard InChI is InChI=1S/C30H40ClN3O3S/c1-3-24(35)16-22(17-29-32-26-11-10-23(31)18-28(26)38-29)30(37)33-25(21-8-4-5-9-21)12-13-27(36)20(2)19-34-14-6-7-15-34/h10-11,18,21-22,25H,2-9,12-17,19H2,1H3,(H,33,37)/t22-,25+/m0/s1. The van der Waals surface area contributed by atoms with Gasteiger partial charge < -0.3 is 5.32 Å². The van der Waals surface area contributed by atoms with Crippen LogP contribution in [0.2, 0.25) is 5.02 Å². The van der Waals surface area contributed by atoms with Crippen LogP contribution in [0.25, 0.3) is 10.2 Å². The third-order valence-electron chi connectivity index (χ3n) is 8.04. The number of likely N-dealkylation sites (tertiary alicyclic amines) is 1. The van der Waals surface area contributed by atoms with Gasteiger partial charge in [-0.2, -0.15) is 0 Å². The molecule has 2 atom stereocenters. The van der Waals surface area contributed by atoms with Gasteiger partial charge in [-0.15, -0.1) is 11.3 Å². The number of benzene rings is 1. The smallest absolute Gasteiger partial charge is 0.224 e. The molecule has 0 spiro atoms. The maximum atomic E-state index is 13.6. The van der Waals surface area contributed by atoms with Gasteiger partial charge in [0.15, 0.2) is 5.78 Å². The Morgan fingerprint density at radius 2 is 1.92 bits per heavy atom. The molecule has 2 heterocycles. The molecule has 38 heavy (non-hydrogen) atoms. The van der Waals surface area contributed by atoms with Crippen LogP contribution in [0.1, 0.15) is 76.1 Å². The predicted molar refractivity (Wildman–Crippen MR) is 155 cm³/mol. The summed E-state index contributed by atoms with van der Waals surface area (Å²) in [5.74, 6) is -0.0571. The Hall–Kier alpha value is -2.09. The van der Waals surface area contributed by atoms with Gasteiger partial charge in [-0.3, -0.25) is 19.3 Å². The van der Waals surface area contributed by atoms with Crippen LogP contribution >= 0.6 is 22.9 Å². The zero-order valence-electron chi connectivity index (χ0n) is 22.5. The monoisotopic (exact) mass is 557 g/mol. The highest BCUT2D eigenvalue weighted by molar-refractivity contribution is 7.18. The molecule has 2 fully saturated rings. The minimum absolute atomic E-state index is 0.0676. The van der Waals surface area contributed by atoms with Gasteiger partial charge in [-0.25, -0.2) is 4.98 Å². The summed E-state index contributed by atoms with van der Waals surface area (Å²) in [6.07, 6.45) is 8.81. The van der Waals surface area contributed by atoms with Crippen molar-refractivity contribution in [3.8, 4) is 0 Å². The first-order chi connectivity index (χ1) is 18.3. The van der Waals surface area contributed by atoms with E-state index in [1.54, 1.807) is 0 Å². The fourth-order valence-electron chi connectivity index (χ4n) is 5.77. The lowest BCUT2D eigenvalue weighted by molar-refractivity contribution is -0.130. The number of nitrogens with zero attached hydrogens (tertiary/aromatic N) is 2. The lowest BCUT2D eigenvalue weighted by Gasteiger charge is -2.27. The number of carbonyl (C=O) groups is 3. The van der Waals surface area contributed by atoms with Crippen molar-refractivity contribution in [2.75, 3.05) is 19.6 Å². The van der Waals surface area contributed by atoms with Crippen LogP contribution in [0.4, 0.5) is 0 Å². The van der Waals surface area contributed by atoms with Gasteiger partial charge in [0.2, 0.25) is 5.91 Å². The van der Waals surface area contributed by atoms with Crippen molar-refractivity contribution < 1.29 is 14.4 Å². The van der Waals surface area contributed by atoms with E-state index in [9.17, 15) is 14.4 Å². The first-order valence-corrected chi connectivity index (χ1v) is 15.3. The summed E-state index contributed by atoms with van der Waals surface area (Å²) in [7, 11) is 0. The Morgan fingerprint density at radius 1 is 1.18 bits per heavy atom. The lowest BCUT2D eigenvalue weighted by Crippen LogP contribution is -2.44. The number of Topliss-reactive ketones (excluding diaryl/α,β-unsaturated/α-hetero) is 2. The van der Waals surface area contributed by atoms with Crippen molar-refractivity contribution in [3.05, 3.63) is 40.4 Å². The van der Waals surface area contributed by atoms with Crippen molar-refractivity contribution in [1.29, 1.82) is 0 Å². The number of rotatable bonds is 14. The van der Waals surface area contributed by atoms with Gasteiger partial charge in [0, 0.05) is 48.9 Å². The summed E-state index contributed by atoms with van der Waals surface area (Å²) >= 11 is 7.66. The molecule has 206 valence electrons. The minimum Gasteiger partial charge on any atom is -0.353 e. The number of hydrogen-bond donors (Lipinski definition) is 1. The van der Waals surface area contributed by atoms with Gasteiger partial charge in [-0.05, 0) is 69.3 Å². The average Bonchev–Trinajstić information content (AvgIpc) is 3.67. The molecule has 0 bridgehead atoms. The molecule has 2 aromatic rings. The van der Waals surface area contributed by atoms with E-state index in [0.717, 1.165) is 54.0 Å². The van der Waals surface area contributed by atoms with E-state index in [1.165, 1.54) is 24.2 Å². The quantitative estimate of drug-likeness (QED) is 0.282. The summed E-state index contributed by atoms with van der Waals surface area (Å²) < 4.78 is 0.977.